The molecule has 3 rings (SSSR count). The summed E-state index contributed by atoms with van der Waals surface area (Å²) in [6.45, 7) is 3.78. The van der Waals surface area contributed by atoms with Gasteiger partial charge in [0.05, 0.1) is 7.11 Å². The molecule has 0 amide bonds. The van der Waals surface area contributed by atoms with Gasteiger partial charge in [-0.3, -0.25) is 4.90 Å². The first-order valence-corrected chi connectivity index (χ1v) is 8.67. The Morgan fingerprint density at radius 1 is 1.39 bits per heavy atom. The Labute approximate surface area is 139 Å². The normalized spacial score (nSPS) is 28.7. The van der Waals surface area contributed by atoms with Gasteiger partial charge in [-0.05, 0) is 51.4 Å². The highest BCUT2D eigenvalue weighted by Gasteiger charge is 2.32. The number of rotatable bonds is 5. The van der Waals surface area contributed by atoms with E-state index >= 15 is 0 Å². The van der Waals surface area contributed by atoms with Gasteiger partial charge in [-0.15, -0.1) is 0 Å². The van der Waals surface area contributed by atoms with Crippen LogP contribution in [0, 0.1) is 5.92 Å². The molecule has 2 saturated heterocycles. The molecule has 1 aromatic carbocycles. The highest BCUT2D eigenvalue weighted by atomic mass is 16.5. The van der Waals surface area contributed by atoms with Gasteiger partial charge in [0.2, 0.25) is 0 Å². The number of methoxy groups -OCH3 is 1. The Balaban J connectivity index is 1.82. The maximum atomic E-state index is 6.24. The predicted molar refractivity (Wildman–Crippen MR) is 92.0 cm³/mol. The summed E-state index contributed by atoms with van der Waals surface area (Å²) in [6, 6.07) is 6.61. The van der Waals surface area contributed by atoms with E-state index in [-0.39, 0.29) is 6.10 Å². The number of nitrogens with one attached hydrogen (secondary N) is 1. The third kappa shape index (κ3) is 3.62. The van der Waals surface area contributed by atoms with Crippen LogP contribution in [-0.4, -0.2) is 51.3 Å². The highest BCUT2D eigenvalue weighted by Crippen LogP contribution is 2.42. The maximum Gasteiger partial charge on any atom is 0.165 e. The van der Waals surface area contributed by atoms with E-state index in [1.54, 1.807) is 7.11 Å². The molecule has 2 fully saturated rings. The smallest absolute Gasteiger partial charge is 0.165 e. The summed E-state index contributed by atoms with van der Waals surface area (Å²) in [4.78, 5) is 2.38. The minimum absolute atomic E-state index is 0.228. The Bertz CT molecular complexity index is 517. The number of ether oxygens (including phenoxy) is 2. The molecule has 2 heterocycles. The summed E-state index contributed by atoms with van der Waals surface area (Å²) >= 11 is 0. The second-order valence-corrected chi connectivity index (χ2v) is 6.76. The van der Waals surface area contributed by atoms with Gasteiger partial charge in [0.15, 0.2) is 11.5 Å². The predicted octanol–water partition coefficient (Wildman–Crippen LogP) is 1.78. The molecule has 2 aliphatic rings. The van der Waals surface area contributed by atoms with Crippen LogP contribution in [0.1, 0.15) is 30.9 Å². The number of nitrogens with zero attached hydrogens (tertiary/aromatic N) is 1. The van der Waals surface area contributed by atoms with Crippen LogP contribution in [0.25, 0.3) is 0 Å². The van der Waals surface area contributed by atoms with E-state index < -0.39 is 0 Å². The summed E-state index contributed by atoms with van der Waals surface area (Å²) in [5.41, 5.74) is 7.09. The highest BCUT2D eigenvalue weighted by molar-refractivity contribution is 5.48. The average molecular weight is 319 g/mol. The standard InChI is InChI=1S/C18H29N3O2/c1-21-12-13(10-19)9-16(21)15-6-3-7-17(18(15)22-2)23-14-5-4-8-20-11-14/h3,6-7,13-14,16,20H,4-5,8-12,19H2,1-2H3. The molecule has 1 aromatic rings. The van der Waals surface area contributed by atoms with Crippen molar-refractivity contribution in [3.05, 3.63) is 23.8 Å². The fourth-order valence-corrected chi connectivity index (χ4v) is 3.85. The van der Waals surface area contributed by atoms with E-state index in [0.717, 1.165) is 56.9 Å². The zero-order valence-corrected chi connectivity index (χ0v) is 14.3. The molecule has 3 unspecified atom stereocenters. The second kappa shape index (κ2) is 7.51. The maximum absolute atomic E-state index is 6.24. The first-order chi connectivity index (χ1) is 11.2. The first kappa shape index (κ1) is 16.6. The van der Waals surface area contributed by atoms with Gasteiger partial charge < -0.3 is 20.5 Å². The van der Waals surface area contributed by atoms with Crippen LogP contribution in [-0.2, 0) is 0 Å². The van der Waals surface area contributed by atoms with Gasteiger partial charge in [0, 0.05) is 24.7 Å². The molecular formula is C18H29N3O2. The molecule has 23 heavy (non-hydrogen) atoms. The molecule has 2 aliphatic heterocycles. The molecule has 128 valence electrons. The minimum Gasteiger partial charge on any atom is -0.493 e. The Hall–Kier alpha value is -1.30. The fraction of sp³-hybridized carbons (Fsp3) is 0.667. The molecule has 3 N–H and O–H groups in total. The van der Waals surface area contributed by atoms with Gasteiger partial charge in [0.25, 0.3) is 0 Å². The number of para-hydroxylation sites is 1. The lowest BCUT2D eigenvalue weighted by molar-refractivity contribution is 0.160. The average Bonchev–Trinajstić information content (AvgIpc) is 2.96. The summed E-state index contributed by atoms with van der Waals surface area (Å²) in [7, 11) is 3.90. The van der Waals surface area contributed by atoms with Crippen molar-refractivity contribution in [2.75, 3.05) is 40.3 Å². The van der Waals surface area contributed by atoms with Crippen molar-refractivity contribution in [1.29, 1.82) is 0 Å². The van der Waals surface area contributed by atoms with Crippen molar-refractivity contribution >= 4 is 0 Å². The lowest BCUT2D eigenvalue weighted by atomic mass is 9.98. The van der Waals surface area contributed by atoms with Crippen molar-refractivity contribution in [3.8, 4) is 11.5 Å². The van der Waals surface area contributed by atoms with E-state index in [9.17, 15) is 0 Å². The number of nitrogens with two attached hydrogens (primary N) is 1. The first-order valence-electron chi connectivity index (χ1n) is 8.67. The monoisotopic (exact) mass is 319 g/mol. The lowest BCUT2D eigenvalue weighted by Gasteiger charge is -2.27. The minimum atomic E-state index is 0.228. The molecule has 0 saturated carbocycles. The van der Waals surface area contributed by atoms with Crippen molar-refractivity contribution < 1.29 is 9.47 Å². The Morgan fingerprint density at radius 3 is 2.91 bits per heavy atom. The number of hydrogen-bond acceptors (Lipinski definition) is 5. The topological polar surface area (TPSA) is 59.8 Å². The number of benzene rings is 1. The lowest BCUT2D eigenvalue weighted by Crippen LogP contribution is -2.37. The zero-order chi connectivity index (χ0) is 16.2. The van der Waals surface area contributed by atoms with Gasteiger partial charge >= 0.3 is 0 Å². The van der Waals surface area contributed by atoms with Crippen LogP contribution >= 0.6 is 0 Å². The molecule has 0 aliphatic carbocycles. The van der Waals surface area contributed by atoms with Crippen molar-refractivity contribution in [3.63, 3.8) is 0 Å². The van der Waals surface area contributed by atoms with E-state index in [1.807, 2.05) is 6.07 Å². The van der Waals surface area contributed by atoms with Crippen LogP contribution in [0.15, 0.2) is 18.2 Å². The quantitative estimate of drug-likeness (QED) is 0.866. The van der Waals surface area contributed by atoms with Crippen molar-refractivity contribution in [2.45, 2.75) is 31.4 Å². The summed E-state index contributed by atoms with van der Waals surface area (Å²) in [5, 5.41) is 3.39. The van der Waals surface area contributed by atoms with Gasteiger partial charge in [-0.1, -0.05) is 12.1 Å². The van der Waals surface area contributed by atoms with Crippen molar-refractivity contribution in [1.82, 2.24) is 10.2 Å². The third-order valence-electron chi connectivity index (χ3n) is 5.09. The van der Waals surface area contributed by atoms with E-state index in [1.165, 1.54) is 5.56 Å². The number of likely N-dealkylation sites (tertiary alicyclic amines) is 1. The summed E-state index contributed by atoms with van der Waals surface area (Å²) in [6.07, 6.45) is 3.57. The van der Waals surface area contributed by atoms with Gasteiger partial charge in [0.1, 0.15) is 6.10 Å². The third-order valence-corrected chi connectivity index (χ3v) is 5.09. The second-order valence-electron chi connectivity index (χ2n) is 6.76. The van der Waals surface area contributed by atoms with Crippen LogP contribution < -0.4 is 20.5 Å². The SMILES string of the molecule is COc1c(OC2CCCNC2)cccc1C1CC(CN)CN1C. The van der Waals surface area contributed by atoms with Gasteiger partial charge in [-0.2, -0.15) is 0 Å². The van der Waals surface area contributed by atoms with Crippen LogP contribution in [0.3, 0.4) is 0 Å². The van der Waals surface area contributed by atoms with Gasteiger partial charge in [-0.25, -0.2) is 0 Å². The van der Waals surface area contributed by atoms with E-state index in [4.69, 9.17) is 15.2 Å². The molecule has 0 spiro atoms. The van der Waals surface area contributed by atoms with E-state index in [0.29, 0.717) is 12.0 Å². The molecular weight excluding hydrogens is 290 g/mol. The van der Waals surface area contributed by atoms with Crippen LogP contribution in [0.2, 0.25) is 0 Å². The molecule has 3 atom stereocenters. The molecule has 0 radical (unpaired) electrons. The fourth-order valence-electron chi connectivity index (χ4n) is 3.85. The number of hydrogen-bond donors (Lipinski definition) is 2. The summed E-state index contributed by atoms with van der Waals surface area (Å²) < 4.78 is 12.0. The zero-order valence-electron chi connectivity index (χ0n) is 14.3. The molecule has 0 bridgehead atoms. The number of piperidine rings is 1. The largest absolute Gasteiger partial charge is 0.493 e. The van der Waals surface area contributed by atoms with Crippen molar-refractivity contribution in [2.24, 2.45) is 11.7 Å². The molecule has 0 aromatic heterocycles. The Morgan fingerprint density at radius 2 is 2.26 bits per heavy atom. The molecule has 5 nitrogen and oxygen atoms in total. The summed E-state index contributed by atoms with van der Waals surface area (Å²) in [5.74, 6) is 2.30. The Kier molecular flexibility index (Phi) is 5.41. The van der Waals surface area contributed by atoms with E-state index in [2.05, 4.69) is 29.4 Å². The molecule has 5 heteroatoms. The van der Waals surface area contributed by atoms with Crippen LogP contribution in [0.5, 0.6) is 11.5 Å². The van der Waals surface area contributed by atoms with Crippen LogP contribution in [0.4, 0.5) is 0 Å².